The lowest BCUT2D eigenvalue weighted by molar-refractivity contribution is 0.369. The van der Waals surface area contributed by atoms with Crippen molar-refractivity contribution in [1.29, 1.82) is 0 Å². The molecular formula is C15H24BrN. The molecule has 96 valence electrons. The molecule has 1 nitrogen and oxygen atoms in total. The first-order chi connectivity index (χ1) is 8.18. The Morgan fingerprint density at radius 1 is 1.18 bits per heavy atom. The maximum Gasteiger partial charge on any atom is 0.0178 e. The summed E-state index contributed by atoms with van der Waals surface area (Å²) in [6, 6.07) is 8.75. The number of nitrogens with one attached hydrogen (secondary N) is 1. The average molecular weight is 298 g/mol. The Morgan fingerprint density at radius 2 is 1.88 bits per heavy atom. The van der Waals surface area contributed by atoms with Crippen LogP contribution < -0.4 is 5.32 Å². The van der Waals surface area contributed by atoms with Crippen molar-refractivity contribution in [2.24, 2.45) is 0 Å². The lowest BCUT2D eigenvalue weighted by Crippen LogP contribution is -2.37. The van der Waals surface area contributed by atoms with Crippen LogP contribution in [0, 0.1) is 0 Å². The summed E-state index contributed by atoms with van der Waals surface area (Å²) >= 11 is 3.57. The highest BCUT2D eigenvalue weighted by Crippen LogP contribution is 2.32. The number of hydrogen-bond acceptors (Lipinski definition) is 1. The van der Waals surface area contributed by atoms with Gasteiger partial charge >= 0.3 is 0 Å². The van der Waals surface area contributed by atoms with Crippen LogP contribution in [0.3, 0.4) is 0 Å². The molecule has 0 radical (unpaired) electrons. The van der Waals surface area contributed by atoms with E-state index < -0.39 is 0 Å². The number of benzene rings is 1. The summed E-state index contributed by atoms with van der Waals surface area (Å²) in [4.78, 5) is 0. The van der Waals surface area contributed by atoms with Crippen molar-refractivity contribution in [2.45, 2.75) is 45.4 Å². The van der Waals surface area contributed by atoms with Crippen molar-refractivity contribution in [3.05, 3.63) is 34.3 Å². The first-order valence-electron chi connectivity index (χ1n) is 6.65. The second-order valence-electron chi connectivity index (χ2n) is 4.67. The second kappa shape index (κ2) is 7.17. The maximum absolute atomic E-state index is 3.58. The monoisotopic (exact) mass is 297 g/mol. The molecular weight excluding hydrogens is 274 g/mol. The molecule has 0 saturated carbocycles. The molecule has 0 amide bonds. The molecule has 0 spiro atoms. The Balaban J connectivity index is 2.89. The smallest absolute Gasteiger partial charge is 0.0178 e. The number of hydrogen-bond donors (Lipinski definition) is 1. The minimum atomic E-state index is 0.277. The zero-order valence-corrected chi connectivity index (χ0v) is 12.8. The van der Waals surface area contributed by atoms with Gasteiger partial charge in [0.05, 0.1) is 0 Å². The Morgan fingerprint density at radius 3 is 2.41 bits per heavy atom. The Kier molecular flexibility index (Phi) is 6.21. The highest BCUT2D eigenvalue weighted by molar-refractivity contribution is 9.10. The van der Waals surface area contributed by atoms with Gasteiger partial charge in [-0.1, -0.05) is 48.8 Å². The van der Waals surface area contributed by atoms with E-state index in [-0.39, 0.29) is 5.41 Å². The topological polar surface area (TPSA) is 12.0 Å². The van der Waals surface area contributed by atoms with Gasteiger partial charge in [-0.15, -0.1) is 0 Å². The lowest BCUT2D eigenvalue weighted by atomic mass is 9.76. The van der Waals surface area contributed by atoms with Crippen molar-refractivity contribution in [1.82, 2.24) is 5.32 Å². The van der Waals surface area contributed by atoms with Gasteiger partial charge in [0.1, 0.15) is 0 Å². The maximum atomic E-state index is 3.58. The van der Waals surface area contributed by atoms with E-state index in [0.717, 1.165) is 13.1 Å². The Bertz CT molecular complexity index is 331. The summed E-state index contributed by atoms with van der Waals surface area (Å²) in [6.07, 6.45) is 3.55. The third-order valence-corrected chi connectivity index (χ3v) is 4.17. The van der Waals surface area contributed by atoms with Crippen LogP contribution in [0.2, 0.25) is 0 Å². The van der Waals surface area contributed by atoms with Crippen LogP contribution in [-0.2, 0) is 5.41 Å². The van der Waals surface area contributed by atoms with Gasteiger partial charge in [-0.2, -0.15) is 0 Å². The van der Waals surface area contributed by atoms with E-state index in [1.165, 1.54) is 29.3 Å². The molecule has 0 heterocycles. The third-order valence-electron chi connectivity index (χ3n) is 3.68. The number of halogens is 1. The zero-order valence-electron chi connectivity index (χ0n) is 11.2. The second-order valence-corrected chi connectivity index (χ2v) is 5.59. The van der Waals surface area contributed by atoms with Crippen LogP contribution in [0.15, 0.2) is 28.7 Å². The molecule has 0 saturated heterocycles. The Labute approximate surface area is 114 Å². The summed E-state index contributed by atoms with van der Waals surface area (Å²) in [5, 5.41) is 3.58. The highest BCUT2D eigenvalue weighted by Gasteiger charge is 2.27. The summed E-state index contributed by atoms with van der Waals surface area (Å²) in [5.74, 6) is 0. The molecule has 0 atom stereocenters. The molecule has 0 fully saturated rings. The van der Waals surface area contributed by atoms with E-state index in [4.69, 9.17) is 0 Å². The molecule has 17 heavy (non-hydrogen) atoms. The van der Waals surface area contributed by atoms with Crippen LogP contribution in [-0.4, -0.2) is 13.1 Å². The average Bonchev–Trinajstić information content (AvgIpc) is 2.35. The summed E-state index contributed by atoms with van der Waals surface area (Å²) in [5.41, 5.74) is 1.72. The van der Waals surface area contributed by atoms with Crippen LogP contribution in [0.5, 0.6) is 0 Å². The van der Waals surface area contributed by atoms with Gasteiger partial charge in [-0.3, -0.25) is 0 Å². The van der Waals surface area contributed by atoms with Gasteiger partial charge < -0.3 is 5.32 Å². The molecule has 0 bridgehead atoms. The van der Waals surface area contributed by atoms with Gasteiger partial charge in [0, 0.05) is 16.4 Å². The van der Waals surface area contributed by atoms with Gasteiger partial charge in [0.25, 0.3) is 0 Å². The Hall–Kier alpha value is -0.340. The molecule has 1 aromatic rings. The van der Waals surface area contributed by atoms with Crippen LogP contribution in [0.1, 0.15) is 45.6 Å². The first kappa shape index (κ1) is 14.7. The van der Waals surface area contributed by atoms with E-state index in [2.05, 4.69) is 66.3 Å². The van der Waals surface area contributed by atoms with E-state index in [0.29, 0.717) is 0 Å². The van der Waals surface area contributed by atoms with Crippen LogP contribution in [0.25, 0.3) is 0 Å². The van der Waals surface area contributed by atoms with E-state index >= 15 is 0 Å². The predicted octanol–water partition coefficient (Wildman–Crippen LogP) is 4.51. The summed E-state index contributed by atoms with van der Waals surface area (Å²) in [7, 11) is 0. The quantitative estimate of drug-likeness (QED) is 0.730. The van der Waals surface area contributed by atoms with Gasteiger partial charge in [0.2, 0.25) is 0 Å². The molecule has 0 aromatic heterocycles. The fraction of sp³-hybridized carbons (Fsp3) is 0.600. The normalized spacial score (nSPS) is 11.8. The zero-order chi connectivity index (χ0) is 12.7. The van der Waals surface area contributed by atoms with Crippen molar-refractivity contribution in [3.63, 3.8) is 0 Å². The lowest BCUT2D eigenvalue weighted by Gasteiger charge is -2.33. The molecule has 0 unspecified atom stereocenters. The first-order valence-corrected chi connectivity index (χ1v) is 7.44. The van der Waals surface area contributed by atoms with Crippen molar-refractivity contribution >= 4 is 15.9 Å². The fourth-order valence-electron chi connectivity index (χ4n) is 2.33. The van der Waals surface area contributed by atoms with Gasteiger partial charge in [-0.25, -0.2) is 0 Å². The molecule has 2 heteroatoms. The molecule has 1 rings (SSSR count). The van der Waals surface area contributed by atoms with Crippen molar-refractivity contribution in [2.75, 3.05) is 13.1 Å². The van der Waals surface area contributed by atoms with E-state index in [9.17, 15) is 0 Å². The molecule has 1 aromatic carbocycles. The van der Waals surface area contributed by atoms with Crippen molar-refractivity contribution < 1.29 is 0 Å². The molecule has 0 aliphatic heterocycles. The van der Waals surface area contributed by atoms with E-state index in [1.54, 1.807) is 0 Å². The molecule has 0 aliphatic rings. The third kappa shape index (κ3) is 3.82. The van der Waals surface area contributed by atoms with Crippen LogP contribution >= 0.6 is 15.9 Å². The predicted molar refractivity (Wildman–Crippen MR) is 79.6 cm³/mol. The molecule has 0 aliphatic carbocycles. The molecule has 1 N–H and O–H groups in total. The SMILES string of the molecule is CCCNCC(CC)(CC)c1cccc(Br)c1. The van der Waals surface area contributed by atoms with Crippen LogP contribution in [0.4, 0.5) is 0 Å². The standard InChI is InChI=1S/C15H24BrN/c1-4-10-17-12-15(5-2,6-3)13-8-7-9-14(16)11-13/h7-9,11,17H,4-6,10,12H2,1-3H3. The van der Waals surface area contributed by atoms with Gasteiger partial charge in [-0.05, 0) is 43.5 Å². The fourth-order valence-corrected chi connectivity index (χ4v) is 2.73. The summed E-state index contributed by atoms with van der Waals surface area (Å²) in [6.45, 7) is 8.97. The summed E-state index contributed by atoms with van der Waals surface area (Å²) < 4.78 is 1.18. The highest BCUT2D eigenvalue weighted by atomic mass is 79.9. The number of rotatable bonds is 7. The minimum absolute atomic E-state index is 0.277. The van der Waals surface area contributed by atoms with Gasteiger partial charge in [0.15, 0.2) is 0 Å². The van der Waals surface area contributed by atoms with E-state index in [1.807, 2.05) is 0 Å². The largest absolute Gasteiger partial charge is 0.316 e. The van der Waals surface area contributed by atoms with Crippen molar-refractivity contribution in [3.8, 4) is 0 Å². The minimum Gasteiger partial charge on any atom is -0.316 e.